The van der Waals surface area contributed by atoms with E-state index in [0.29, 0.717) is 0 Å². The van der Waals surface area contributed by atoms with Crippen molar-refractivity contribution in [3.05, 3.63) is 0 Å². The van der Waals surface area contributed by atoms with Gasteiger partial charge in [-0.15, -0.1) is 0 Å². The van der Waals surface area contributed by atoms with E-state index in [2.05, 4.69) is 25.8 Å². The molecule has 0 saturated carbocycles. The molecule has 1 aliphatic rings. The van der Waals surface area contributed by atoms with Crippen LogP contribution in [0.4, 0.5) is 0 Å². The van der Waals surface area contributed by atoms with Crippen molar-refractivity contribution in [2.24, 2.45) is 5.92 Å². The van der Waals surface area contributed by atoms with Gasteiger partial charge in [-0.2, -0.15) is 0 Å². The molecule has 0 amide bonds. The second-order valence-electron chi connectivity index (χ2n) is 3.68. The number of likely N-dealkylation sites (tertiary alicyclic amines) is 1. The lowest BCUT2D eigenvalue weighted by molar-refractivity contribution is 0.324. The van der Waals surface area contributed by atoms with Gasteiger partial charge in [-0.1, -0.05) is 13.3 Å². The van der Waals surface area contributed by atoms with E-state index in [1.807, 2.05) is 0 Å². The Hall–Kier alpha value is -0.0400. The molecule has 0 aromatic carbocycles. The standard InChI is InChI=1S/C9H19N/c1-4-5-9-6-8(2)10(3)7-9/h8-9H,4-7H2,1-3H3/t8-,9+/m1/s1. The van der Waals surface area contributed by atoms with E-state index in [1.165, 1.54) is 25.8 Å². The van der Waals surface area contributed by atoms with Gasteiger partial charge in [0.15, 0.2) is 0 Å². The molecule has 1 heterocycles. The van der Waals surface area contributed by atoms with Crippen molar-refractivity contribution in [2.45, 2.75) is 39.2 Å². The van der Waals surface area contributed by atoms with Crippen molar-refractivity contribution < 1.29 is 0 Å². The molecule has 1 saturated heterocycles. The third-order valence-corrected chi connectivity index (χ3v) is 2.67. The number of hydrogen-bond donors (Lipinski definition) is 0. The Balaban J connectivity index is 2.27. The van der Waals surface area contributed by atoms with E-state index in [-0.39, 0.29) is 0 Å². The van der Waals surface area contributed by atoms with Gasteiger partial charge in [0.05, 0.1) is 0 Å². The molecule has 2 atom stereocenters. The zero-order valence-electron chi connectivity index (χ0n) is 7.43. The van der Waals surface area contributed by atoms with Crippen LogP contribution in [0.2, 0.25) is 0 Å². The summed E-state index contributed by atoms with van der Waals surface area (Å²) >= 11 is 0. The average Bonchev–Trinajstić information content (AvgIpc) is 2.14. The molecular weight excluding hydrogens is 122 g/mol. The smallest absolute Gasteiger partial charge is 0.00671 e. The quantitative estimate of drug-likeness (QED) is 0.569. The highest BCUT2D eigenvalue weighted by atomic mass is 15.1. The Morgan fingerprint density at radius 3 is 2.60 bits per heavy atom. The Morgan fingerprint density at radius 1 is 1.50 bits per heavy atom. The molecule has 1 rings (SSSR count). The van der Waals surface area contributed by atoms with Crippen LogP contribution in [-0.4, -0.2) is 24.5 Å². The van der Waals surface area contributed by atoms with Gasteiger partial charge in [-0.25, -0.2) is 0 Å². The highest BCUT2D eigenvalue weighted by molar-refractivity contribution is 4.79. The van der Waals surface area contributed by atoms with E-state index >= 15 is 0 Å². The summed E-state index contributed by atoms with van der Waals surface area (Å²) in [7, 11) is 2.24. The summed E-state index contributed by atoms with van der Waals surface area (Å²) in [6.07, 6.45) is 4.20. The molecule has 0 unspecified atom stereocenters. The molecule has 0 aliphatic carbocycles. The lowest BCUT2D eigenvalue weighted by Crippen LogP contribution is -2.21. The molecule has 0 N–H and O–H groups in total. The van der Waals surface area contributed by atoms with Gasteiger partial charge in [0, 0.05) is 12.6 Å². The second-order valence-corrected chi connectivity index (χ2v) is 3.68. The van der Waals surface area contributed by atoms with Gasteiger partial charge in [0.25, 0.3) is 0 Å². The van der Waals surface area contributed by atoms with Crippen LogP contribution in [0.25, 0.3) is 0 Å². The van der Waals surface area contributed by atoms with Gasteiger partial charge in [-0.3, -0.25) is 0 Å². The first-order valence-electron chi connectivity index (χ1n) is 4.44. The summed E-state index contributed by atoms with van der Waals surface area (Å²) in [6, 6.07) is 0.830. The Bertz CT molecular complexity index is 90.9. The molecule has 0 radical (unpaired) electrons. The molecule has 1 nitrogen and oxygen atoms in total. The zero-order valence-corrected chi connectivity index (χ0v) is 7.43. The fourth-order valence-electron chi connectivity index (χ4n) is 1.94. The molecular formula is C9H19N. The molecule has 0 aromatic heterocycles. The summed E-state index contributed by atoms with van der Waals surface area (Å²) in [5.41, 5.74) is 0. The largest absolute Gasteiger partial charge is 0.303 e. The molecule has 10 heavy (non-hydrogen) atoms. The maximum absolute atomic E-state index is 2.47. The second kappa shape index (κ2) is 3.38. The molecule has 0 bridgehead atoms. The van der Waals surface area contributed by atoms with Crippen molar-refractivity contribution in [3.8, 4) is 0 Å². The third kappa shape index (κ3) is 1.72. The molecule has 1 aliphatic heterocycles. The van der Waals surface area contributed by atoms with Crippen molar-refractivity contribution >= 4 is 0 Å². The van der Waals surface area contributed by atoms with Crippen molar-refractivity contribution in [1.29, 1.82) is 0 Å². The van der Waals surface area contributed by atoms with Crippen molar-refractivity contribution in [2.75, 3.05) is 13.6 Å². The molecule has 1 heteroatoms. The van der Waals surface area contributed by atoms with Crippen LogP contribution in [0.1, 0.15) is 33.1 Å². The summed E-state index contributed by atoms with van der Waals surface area (Å²) < 4.78 is 0. The highest BCUT2D eigenvalue weighted by Crippen LogP contribution is 2.24. The number of hydrogen-bond acceptors (Lipinski definition) is 1. The first-order chi connectivity index (χ1) is 4.74. The van der Waals surface area contributed by atoms with Gasteiger partial charge in [0.2, 0.25) is 0 Å². The summed E-state index contributed by atoms with van der Waals surface area (Å²) in [6.45, 7) is 5.94. The van der Waals surface area contributed by atoms with Gasteiger partial charge in [0.1, 0.15) is 0 Å². The maximum atomic E-state index is 2.47. The minimum atomic E-state index is 0.830. The monoisotopic (exact) mass is 141 g/mol. The Morgan fingerprint density at radius 2 is 2.20 bits per heavy atom. The van der Waals surface area contributed by atoms with E-state index in [0.717, 1.165) is 12.0 Å². The first kappa shape index (κ1) is 8.06. The van der Waals surface area contributed by atoms with Crippen molar-refractivity contribution in [3.63, 3.8) is 0 Å². The Labute approximate surface area is 64.4 Å². The van der Waals surface area contributed by atoms with Gasteiger partial charge >= 0.3 is 0 Å². The van der Waals surface area contributed by atoms with Crippen LogP contribution in [0, 0.1) is 5.92 Å². The van der Waals surface area contributed by atoms with Crippen LogP contribution < -0.4 is 0 Å². The Kier molecular flexibility index (Phi) is 2.72. The number of nitrogens with zero attached hydrogens (tertiary/aromatic N) is 1. The van der Waals surface area contributed by atoms with Gasteiger partial charge in [-0.05, 0) is 32.7 Å². The maximum Gasteiger partial charge on any atom is 0.00671 e. The summed E-state index contributed by atoms with van der Waals surface area (Å²) in [4.78, 5) is 2.47. The lowest BCUT2D eigenvalue weighted by Gasteiger charge is -2.12. The first-order valence-corrected chi connectivity index (χ1v) is 4.44. The minimum absolute atomic E-state index is 0.830. The van der Waals surface area contributed by atoms with Crippen molar-refractivity contribution in [1.82, 2.24) is 4.90 Å². The predicted molar refractivity (Wildman–Crippen MR) is 45.1 cm³/mol. The molecule has 0 aromatic rings. The molecule has 0 spiro atoms. The van der Waals surface area contributed by atoms with E-state index in [1.54, 1.807) is 0 Å². The van der Waals surface area contributed by atoms with E-state index in [9.17, 15) is 0 Å². The molecule has 1 fully saturated rings. The van der Waals surface area contributed by atoms with Crippen LogP contribution in [0.3, 0.4) is 0 Å². The minimum Gasteiger partial charge on any atom is -0.303 e. The zero-order chi connectivity index (χ0) is 7.56. The van der Waals surface area contributed by atoms with Crippen LogP contribution in [0.5, 0.6) is 0 Å². The van der Waals surface area contributed by atoms with E-state index in [4.69, 9.17) is 0 Å². The average molecular weight is 141 g/mol. The SMILES string of the molecule is CCC[C@H]1C[C@@H](C)N(C)C1. The predicted octanol–water partition coefficient (Wildman–Crippen LogP) is 2.13. The lowest BCUT2D eigenvalue weighted by atomic mass is 10.0. The third-order valence-electron chi connectivity index (χ3n) is 2.67. The summed E-state index contributed by atoms with van der Waals surface area (Å²) in [5, 5.41) is 0. The van der Waals surface area contributed by atoms with Crippen LogP contribution >= 0.6 is 0 Å². The highest BCUT2D eigenvalue weighted by Gasteiger charge is 2.24. The summed E-state index contributed by atoms with van der Waals surface area (Å²) in [5.74, 6) is 0.991. The van der Waals surface area contributed by atoms with Crippen LogP contribution in [0.15, 0.2) is 0 Å². The number of rotatable bonds is 2. The van der Waals surface area contributed by atoms with E-state index < -0.39 is 0 Å². The van der Waals surface area contributed by atoms with Crippen LogP contribution in [-0.2, 0) is 0 Å². The normalized spacial score (nSPS) is 35.1. The fourth-order valence-corrected chi connectivity index (χ4v) is 1.94. The molecule has 60 valence electrons. The fraction of sp³-hybridized carbons (Fsp3) is 1.00. The van der Waals surface area contributed by atoms with Gasteiger partial charge < -0.3 is 4.90 Å². The topological polar surface area (TPSA) is 3.24 Å².